The number of hydrogen-bond donors (Lipinski definition) is 1. The van der Waals surface area contributed by atoms with Crippen LogP contribution >= 0.6 is 11.3 Å². The van der Waals surface area contributed by atoms with Gasteiger partial charge in [0.1, 0.15) is 5.75 Å². The Bertz CT molecular complexity index is 1030. The van der Waals surface area contributed by atoms with Gasteiger partial charge in [0.05, 0.1) is 0 Å². The van der Waals surface area contributed by atoms with Gasteiger partial charge in [-0.15, -0.1) is 11.3 Å². The molecule has 0 radical (unpaired) electrons. The van der Waals surface area contributed by atoms with Crippen molar-refractivity contribution in [3.05, 3.63) is 76.3 Å². The molecule has 1 aliphatic rings. The molecule has 0 aliphatic carbocycles. The topological polar surface area (TPSA) is 71.5 Å². The first-order chi connectivity index (χ1) is 14.1. The molecule has 0 spiro atoms. The molecule has 1 aliphatic heterocycles. The predicted molar refractivity (Wildman–Crippen MR) is 112 cm³/mol. The van der Waals surface area contributed by atoms with Crippen LogP contribution in [0.3, 0.4) is 0 Å². The van der Waals surface area contributed by atoms with E-state index in [1.54, 1.807) is 23.7 Å². The van der Waals surface area contributed by atoms with Crippen LogP contribution in [0.5, 0.6) is 5.75 Å². The highest BCUT2D eigenvalue weighted by Gasteiger charge is 2.27. The molecule has 148 valence electrons. The zero-order chi connectivity index (χ0) is 20.2. The van der Waals surface area contributed by atoms with Gasteiger partial charge < -0.3 is 9.64 Å². The van der Waals surface area contributed by atoms with Crippen LogP contribution in [0.1, 0.15) is 27.0 Å². The summed E-state index contributed by atoms with van der Waals surface area (Å²) in [4.78, 5) is 31.0. The molecule has 6 nitrogen and oxygen atoms in total. The Balaban J connectivity index is 1.45. The van der Waals surface area contributed by atoms with E-state index in [1.807, 2.05) is 23.1 Å². The van der Waals surface area contributed by atoms with Crippen molar-refractivity contribution in [1.29, 1.82) is 0 Å². The van der Waals surface area contributed by atoms with Crippen molar-refractivity contribution in [3.63, 3.8) is 0 Å². The van der Waals surface area contributed by atoms with Gasteiger partial charge in [-0.2, -0.15) is 0 Å². The summed E-state index contributed by atoms with van der Waals surface area (Å²) in [6, 6.07) is 13.5. The van der Waals surface area contributed by atoms with Crippen LogP contribution < -0.4 is 10.1 Å². The third kappa shape index (κ3) is 4.30. The number of thiazole rings is 1. The van der Waals surface area contributed by atoms with Crippen LogP contribution in [0.4, 0.5) is 5.13 Å². The lowest BCUT2D eigenvalue weighted by Gasteiger charge is -2.30. The quantitative estimate of drug-likeness (QED) is 0.677. The lowest BCUT2D eigenvalue weighted by Crippen LogP contribution is -2.37. The predicted octanol–water partition coefficient (Wildman–Crippen LogP) is 3.67. The maximum Gasteiger partial charge on any atom is 0.264 e. The summed E-state index contributed by atoms with van der Waals surface area (Å²) in [5.74, 6) is 0.300. The van der Waals surface area contributed by atoms with E-state index in [2.05, 4.69) is 29.4 Å². The number of ether oxygens (including phenoxy) is 1. The number of aryl methyl sites for hydroxylation is 1. The number of amides is 2. The van der Waals surface area contributed by atoms with Crippen LogP contribution in [0.2, 0.25) is 0 Å². The number of anilines is 1. The van der Waals surface area contributed by atoms with Crippen LogP contribution in [-0.4, -0.2) is 34.8 Å². The zero-order valence-corrected chi connectivity index (χ0v) is 16.9. The number of carbonyl (C=O) groups excluding carboxylic acids is 2. The number of rotatable bonds is 6. The summed E-state index contributed by atoms with van der Waals surface area (Å²) in [6.07, 6.45) is 2.32. The van der Waals surface area contributed by atoms with Crippen LogP contribution in [0, 0.1) is 6.92 Å². The lowest BCUT2D eigenvalue weighted by atomic mass is 9.97. The molecule has 2 heterocycles. The molecule has 0 unspecified atom stereocenters. The molecule has 29 heavy (non-hydrogen) atoms. The Kier molecular flexibility index (Phi) is 5.57. The molecule has 0 bridgehead atoms. The number of hydrogen-bond acceptors (Lipinski definition) is 5. The number of benzene rings is 2. The fourth-order valence-corrected chi connectivity index (χ4v) is 3.95. The van der Waals surface area contributed by atoms with Gasteiger partial charge in [0.25, 0.3) is 11.8 Å². The second kappa shape index (κ2) is 8.45. The number of aromatic nitrogens is 1. The van der Waals surface area contributed by atoms with Crippen molar-refractivity contribution >= 4 is 28.3 Å². The van der Waals surface area contributed by atoms with Crippen LogP contribution in [-0.2, 0) is 17.8 Å². The minimum Gasteiger partial charge on any atom is -0.483 e. The molecule has 7 heteroatoms. The molecule has 1 aromatic heterocycles. The van der Waals surface area contributed by atoms with Gasteiger partial charge in [0, 0.05) is 35.8 Å². The molecule has 1 N–H and O–H groups in total. The average molecular weight is 407 g/mol. The molecule has 0 atom stereocenters. The largest absolute Gasteiger partial charge is 0.483 e. The molecule has 0 saturated heterocycles. The van der Waals surface area contributed by atoms with E-state index in [-0.39, 0.29) is 18.4 Å². The second-order valence-corrected chi connectivity index (χ2v) is 7.75. The van der Waals surface area contributed by atoms with Gasteiger partial charge in [-0.1, -0.05) is 30.3 Å². The zero-order valence-electron chi connectivity index (χ0n) is 16.1. The van der Waals surface area contributed by atoms with Crippen LogP contribution in [0.15, 0.2) is 54.0 Å². The van der Waals surface area contributed by atoms with Crippen molar-refractivity contribution in [1.82, 2.24) is 9.88 Å². The SMILES string of the molecule is Cc1ccccc1CN1CCc2c(OCC(=O)Nc3nccs3)cccc2C1=O. The first-order valence-electron chi connectivity index (χ1n) is 9.39. The molecule has 2 aromatic carbocycles. The smallest absolute Gasteiger partial charge is 0.264 e. The van der Waals surface area contributed by atoms with Gasteiger partial charge in [0.15, 0.2) is 11.7 Å². The van der Waals surface area contributed by atoms with Gasteiger partial charge in [-0.05, 0) is 36.6 Å². The molecule has 0 saturated carbocycles. The highest BCUT2D eigenvalue weighted by atomic mass is 32.1. The first kappa shape index (κ1) is 19.1. The Labute approximate surface area is 173 Å². The fourth-order valence-electron chi connectivity index (χ4n) is 3.41. The molecule has 0 fully saturated rings. The monoisotopic (exact) mass is 407 g/mol. The minimum atomic E-state index is -0.277. The first-order valence-corrected chi connectivity index (χ1v) is 10.3. The molecule has 2 amide bonds. The minimum absolute atomic E-state index is 0.00723. The Morgan fingerprint density at radius 1 is 1.24 bits per heavy atom. The number of nitrogens with one attached hydrogen (secondary N) is 1. The summed E-state index contributed by atoms with van der Waals surface area (Å²) in [7, 11) is 0. The van der Waals surface area contributed by atoms with E-state index in [1.165, 1.54) is 16.9 Å². The van der Waals surface area contributed by atoms with Gasteiger partial charge in [0.2, 0.25) is 0 Å². The third-order valence-electron chi connectivity index (χ3n) is 4.94. The summed E-state index contributed by atoms with van der Waals surface area (Å²) in [5.41, 5.74) is 3.83. The Morgan fingerprint density at radius 2 is 2.10 bits per heavy atom. The van der Waals surface area contributed by atoms with Crippen molar-refractivity contribution in [2.24, 2.45) is 0 Å². The van der Waals surface area contributed by atoms with E-state index in [0.717, 1.165) is 11.1 Å². The van der Waals surface area contributed by atoms with Crippen molar-refractivity contribution in [3.8, 4) is 5.75 Å². The average Bonchev–Trinajstić information content (AvgIpc) is 3.23. The van der Waals surface area contributed by atoms with Crippen LogP contribution in [0.25, 0.3) is 0 Å². The molecule has 4 rings (SSSR count). The third-order valence-corrected chi connectivity index (χ3v) is 5.63. The van der Waals surface area contributed by atoms with Crippen molar-refractivity contribution in [2.45, 2.75) is 19.9 Å². The van der Waals surface area contributed by atoms with E-state index in [9.17, 15) is 9.59 Å². The summed E-state index contributed by atoms with van der Waals surface area (Å²) >= 11 is 1.35. The molecule has 3 aromatic rings. The van der Waals surface area contributed by atoms with Crippen molar-refractivity contribution < 1.29 is 14.3 Å². The number of fused-ring (bicyclic) bond motifs is 1. The number of nitrogens with zero attached hydrogens (tertiary/aromatic N) is 2. The Hall–Kier alpha value is -3.19. The van der Waals surface area contributed by atoms with Gasteiger partial charge in [-0.25, -0.2) is 4.98 Å². The lowest BCUT2D eigenvalue weighted by molar-refractivity contribution is -0.118. The normalized spacial score (nSPS) is 13.1. The summed E-state index contributed by atoms with van der Waals surface area (Å²) < 4.78 is 5.73. The van der Waals surface area contributed by atoms with E-state index in [0.29, 0.717) is 36.0 Å². The van der Waals surface area contributed by atoms with E-state index >= 15 is 0 Å². The fraction of sp³-hybridized carbons (Fsp3) is 0.227. The standard InChI is InChI=1S/C22H21N3O3S/c1-15-5-2-3-6-16(15)13-25-11-9-17-18(21(25)27)7-4-8-19(17)28-14-20(26)24-22-23-10-12-29-22/h2-8,10,12H,9,11,13-14H2,1H3,(H,23,24,26). The van der Waals surface area contributed by atoms with Gasteiger partial charge in [-0.3, -0.25) is 14.9 Å². The van der Waals surface area contributed by atoms with E-state index in [4.69, 9.17) is 4.74 Å². The Morgan fingerprint density at radius 3 is 2.90 bits per heavy atom. The molecular weight excluding hydrogens is 386 g/mol. The molecular formula is C22H21N3O3S. The van der Waals surface area contributed by atoms with E-state index < -0.39 is 0 Å². The summed E-state index contributed by atoms with van der Waals surface area (Å²) in [6.45, 7) is 3.13. The highest BCUT2D eigenvalue weighted by Crippen LogP contribution is 2.29. The maximum absolute atomic E-state index is 13.0. The van der Waals surface area contributed by atoms with Gasteiger partial charge >= 0.3 is 0 Å². The highest BCUT2D eigenvalue weighted by molar-refractivity contribution is 7.13. The second-order valence-electron chi connectivity index (χ2n) is 6.86. The number of carbonyl (C=O) groups is 2. The summed E-state index contributed by atoms with van der Waals surface area (Å²) in [5, 5.41) is 5.02. The maximum atomic E-state index is 13.0. The van der Waals surface area contributed by atoms with Crippen molar-refractivity contribution in [2.75, 3.05) is 18.5 Å².